The number of carbonyl (C=O) groups is 2. The summed E-state index contributed by atoms with van der Waals surface area (Å²) in [5, 5.41) is 2.81. The lowest BCUT2D eigenvalue weighted by Crippen LogP contribution is -2.52. The minimum atomic E-state index is -0.643. The number of benzene rings is 2. The molecule has 0 unspecified atom stereocenters. The lowest BCUT2D eigenvalue weighted by atomic mass is 9.89. The van der Waals surface area contributed by atoms with Crippen LogP contribution in [0.15, 0.2) is 60.7 Å². The number of alkyl carbamates (subject to hydrolysis) is 1. The molecule has 0 spiro atoms. The van der Waals surface area contributed by atoms with Crippen LogP contribution in [0, 0.1) is 0 Å². The van der Waals surface area contributed by atoms with Crippen LogP contribution in [0.3, 0.4) is 0 Å². The second-order valence-corrected chi connectivity index (χ2v) is 8.90. The van der Waals surface area contributed by atoms with Gasteiger partial charge in [0.25, 0.3) is 0 Å². The van der Waals surface area contributed by atoms with Gasteiger partial charge in [0.2, 0.25) is 5.91 Å². The summed E-state index contributed by atoms with van der Waals surface area (Å²) in [7, 11) is 0. The molecule has 1 N–H and O–H groups in total. The highest BCUT2D eigenvalue weighted by molar-refractivity contribution is 5.86. The summed E-state index contributed by atoms with van der Waals surface area (Å²) in [6, 6.07) is 19.6. The molecule has 30 heavy (non-hydrogen) atoms. The third-order valence-electron chi connectivity index (χ3n) is 5.35. The molecule has 5 nitrogen and oxygen atoms in total. The fourth-order valence-electron chi connectivity index (χ4n) is 3.88. The van der Waals surface area contributed by atoms with Gasteiger partial charge in [0.05, 0.1) is 0 Å². The Bertz CT molecular complexity index is 822. The molecule has 5 heteroatoms. The summed E-state index contributed by atoms with van der Waals surface area (Å²) >= 11 is 0. The van der Waals surface area contributed by atoms with Gasteiger partial charge in [-0.05, 0) is 50.7 Å². The second-order valence-electron chi connectivity index (χ2n) is 8.90. The fourth-order valence-corrected chi connectivity index (χ4v) is 3.88. The second kappa shape index (κ2) is 9.79. The minimum absolute atomic E-state index is 0.0452. The first-order chi connectivity index (χ1) is 14.3. The van der Waals surface area contributed by atoms with E-state index >= 15 is 0 Å². The molecule has 1 saturated heterocycles. The topological polar surface area (TPSA) is 58.6 Å². The first kappa shape index (κ1) is 21.9. The lowest BCUT2D eigenvalue weighted by Gasteiger charge is -2.35. The zero-order valence-electron chi connectivity index (χ0n) is 18.1. The van der Waals surface area contributed by atoms with E-state index in [1.165, 1.54) is 5.56 Å². The van der Waals surface area contributed by atoms with E-state index in [1.54, 1.807) is 0 Å². The van der Waals surface area contributed by atoms with Crippen LogP contribution in [0.4, 0.5) is 4.79 Å². The van der Waals surface area contributed by atoms with E-state index in [9.17, 15) is 9.59 Å². The molecule has 1 fully saturated rings. The van der Waals surface area contributed by atoms with Crippen molar-refractivity contribution in [1.82, 2.24) is 10.2 Å². The standard InChI is InChI=1S/C25H32N2O3/c1-25(2,3)30-24(29)26-22(18-19-10-6-4-7-11-19)23(28)27-16-14-21(15-17-27)20-12-8-5-9-13-20/h4-13,21-22H,14-18H2,1-3H3,(H,26,29)/t22-/m0/s1. The van der Waals surface area contributed by atoms with Crippen molar-refractivity contribution in [3.05, 3.63) is 71.8 Å². The predicted octanol–water partition coefficient (Wildman–Crippen LogP) is 4.53. The van der Waals surface area contributed by atoms with Crippen LogP contribution in [0.1, 0.15) is 50.7 Å². The van der Waals surface area contributed by atoms with Crippen LogP contribution in [-0.2, 0) is 16.0 Å². The molecular weight excluding hydrogens is 376 g/mol. The molecule has 0 bridgehead atoms. The van der Waals surface area contributed by atoms with Gasteiger partial charge in [-0.2, -0.15) is 0 Å². The Morgan fingerprint density at radius 3 is 2.13 bits per heavy atom. The molecule has 2 aromatic rings. The van der Waals surface area contributed by atoms with E-state index in [0.29, 0.717) is 25.4 Å². The highest BCUT2D eigenvalue weighted by atomic mass is 16.6. The van der Waals surface area contributed by atoms with E-state index in [0.717, 1.165) is 18.4 Å². The highest BCUT2D eigenvalue weighted by Gasteiger charge is 2.31. The zero-order chi connectivity index (χ0) is 21.6. The van der Waals surface area contributed by atoms with Gasteiger partial charge in [-0.1, -0.05) is 60.7 Å². The van der Waals surface area contributed by atoms with Crippen LogP contribution >= 0.6 is 0 Å². The third kappa shape index (κ3) is 6.34. The number of hydrogen-bond donors (Lipinski definition) is 1. The van der Waals surface area contributed by atoms with Crippen molar-refractivity contribution < 1.29 is 14.3 Å². The highest BCUT2D eigenvalue weighted by Crippen LogP contribution is 2.28. The van der Waals surface area contributed by atoms with E-state index < -0.39 is 17.7 Å². The number of carbonyl (C=O) groups excluding carboxylic acids is 2. The molecule has 2 amide bonds. The molecule has 160 valence electrons. The fraction of sp³-hybridized carbons (Fsp3) is 0.440. The van der Waals surface area contributed by atoms with E-state index in [4.69, 9.17) is 4.74 Å². The molecule has 3 rings (SSSR count). The maximum Gasteiger partial charge on any atom is 0.408 e. The molecule has 0 radical (unpaired) electrons. The smallest absolute Gasteiger partial charge is 0.408 e. The van der Waals surface area contributed by atoms with E-state index in [2.05, 4.69) is 29.6 Å². The number of amides is 2. The molecule has 0 aromatic heterocycles. The van der Waals surface area contributed by atoms with Crippen molar-refractivity contribution in [1.29, 1.82) is 0 Å². The van der Waals surface area contributed by atoms with Crippen LogP contribution in [-0.4, -0.2) is 41.6 Å². The molecule has 1 atom stereocenters. The quantitative estimate of drug-likeness (QED) is 0.791. The normalized spacial score (nSPS) is 16.0. The number of nitrogens with zero attached hydrogens (tertiary/aromatic N) is 1. The molecular formula is C25H32N2O3. The van der Waals surface area contributed by atoms with E-state index in [-0.39, 0.29) is 5.91 Å². The summed E-state index contributed by atoms with van der Waals surface area (Å²) in [5.41, 5.74) is 1.72. The monoisotopic (exact) mass is 408 g/mol. The van der Waals surface area contributed by atoms with Crippen LogP contribution in [0.2, 0.25) is 0 Å². The summed E-state index contributed by atoms with van der Waals surface area (Å²) in [5.74, 6) is 0.429. The maximum absolute atomic E-state index is 13.3. The Hall–Kier alpha value is -2.82. The van der Waals surface area contributed by atoms with Crippen LogP contribution in [0.5, 0.6) is 0 Å². The summed E-state index contributed by atoms with van der Waals surface area (Å²) in [6.07, 6.45) is 1.74. The van der Waals surface area contributed by atoms with Gasteiger partial charge < -0.3 is 15.0 Å². The van der Waals surface area contributed by atoms with Crippen molar-refractivity contribution in [2.45, 2.75) is 57.6 Å². The number of likely N-dealkylation sites (tertiary alicyclic amines) is 1. The average molecular weight is 409 g/mol. The predicted molar refractivity (Wildman–Crippen MR) is 118 cm³/mol. The third-order valence-corrected chi connectivity index (χ3v) is 5.35. The first-order valence-corrected chi connectivity index (χ1v) is 10.7. The number of rotatable bonds is 5. The number of piperidine rings is 1. The molecule has 1 aliphatic rings. The van der Waals surface area contributed by atoms with Gasteiger partial charge in [0.1, 0.15) is 11.6 Å². The van der Waals surface area contributed by atoms with Crippen LogP contribution in [0.25, 0.3) is 0 Å². The Morgan fingerprint density at radius 1 is 1.00 bits per heavy atom. The van der Waals surface area contributed by atoms with Crippen molar-refractivity contribution in [3.63, 3.8) is 0 Å². The Morgan fingerprint density at radius 2 is 1.57 bits per heavy atom. The molecule has 2 aromatic carbocycles. The molecule has 1 heterocycles. The van der Waals surface area contributed by atoms with Gasteiger partial charge in [0, 0.05) is 19.5 Å². The average Bonchev–Trinajstić information content (AvgIpc) is 2.73. The molecule has 0 aliphatic carbocycles. The number of hydrogen-bond acceptors (Lipinski definition) is 3. The number of ether oxygens (including phenoxy) is 1. The Labute approximate surface area is 179 Å². The van der Waals surface area contributed by atoms with Gasteiger partial charge in [-0.15, -0.1) is 0 Å². The van der Waals surface area contributed by atoms with Crippen molar-refractivity contribution in [3.8, 4) is 0 Å². The Balaban J connectivity index is 1.66. The minimum Gasteiger partial charge on any atom is -0.444 e. The van der Waals surface area contributed by atoms with Gasteiger partial charge in [-0.25, -0.2) is 4.79 Å². The van der Waals surface area contributed by atoms with Crippen molar-refractivity contribution >= 4 is 12.0 Å². The SMILES string of the molecule is CC(C)(C)OC(=O)N[C@@H](Cc1ccccc1)C(=O)N1CCC(c2ccccc2)CC1. The molecule has 0 saturated carbocycles. The Kier molecular flexibility index (Phi) is 7.14. The van der Waals surface area contributed by atoms with E-state index in [1.807, 2.05) is 62.1 Å². The molecule has 1 aliphatic heterocycles. The van der Waals surface area contributed by atoms with Gasteiger partial charge in [0.15, 0.2) is 0 Å². The van der Waals surface area contributed by atoms with Gasteiger partial charge in [-0.3, -0.25) is 4.79 Å². The van der Waals surface area contributed by atoms with Crippen molar-refractivity contribution in [2.75, 3.05) is 13.1 Å². The largest absolute Gasteiger partial charge is 0.444 e. The first-order valence-electron chi connectivity index (χ1n) is 10.7. The van der Waals surface area contributed by atoms with Crippen LogP contribution < -0.4 is 5.32 Å². The zero-order valence-corrected chi connectivity index (χ0v) is 18.1. The maximum atomic E-state index is 13.3. The summed E-state index contributed by atoms with van der Waals surface area (Å²) < 4.78 is 5.40. The summed E-state index contributed by atoms with van der Waals surface area (Å²) in [6.45, 7) is 6.83. The lowest BCUT2D eigenvalue weighted by molar-refractivity contribution is -0.134. The van der Waals surface area contributed by atoms with Gasteiger partial charge >= 0.3 is 6.09 Å². The van der Waals surface area contributed by atoms with Crippen molar-refractivity contribution in [2.24, 2.45) is 0 Å². The summed E-state index contributed by atoms with van der Waals surface area (Å²) in [4.78, 5) is 27.6. The number of nitrogens with one attached hydrogen (secondary N) is 1.